The Balaban J connectivity index is 2.12. The summed E-state index contributed by atoms with van der Waals surface area (Å²) in [6, 6.07) is 9.00. The van der Waals surface area contributed by atoms with Crippen LogP contribution in [0.25, 0.3) is 22.6 Å². The molecular formula is C14H9Cl3N4. The first-order chi connectivity index (χ1) is 10.0. The van der Waals surface area contributed by atoms with E-state index in [2.05, 4.69) is 15.1 Å². The topological polar surface area (TPSA) is 43.6 Å². The highest BCUT2D eigenvalue weighted by atomic mass is 35.5. The summed E-state index contributed by atoms with van der Waals surface area (Å²) in [5, 5.41) is 5.35. The van der Waals surface area contributed by atoms with Crippen LogP contribution < -0.4 is 0 Å². The average Bonchev–Trinajstić information content (AvgIpc) is 2.85. The van der Waals surface area contributed by atoms with E-state index in [1.54, 1.807) is 29.1 Å². The Labute approximate surface area is 136 Å². The van der Waals surface area contributed by atoms with Gasteiger partial charge in [0.2, 0.25) is 0 Å². The van der Waals surface area contributed by atoms with E-state index >= 15 is 0 Å². The summed E-state index contributed by atoms with van der Waals surface area (Å²) in [7, 11) is 1.81. The molecule has 0 unspecified atom stereocenters. The molecule has 0 radical (unpaired) electrons. The van der Waals surface area contributed by atoms with Crippen molar-refractivity contribution in [2.45, 2.75) is 0 Å². The Morgan fingerprint density at radius 2 is 1.71 bits per heavy atom. The number of hydrogen-bond acceptors (Lipinski definition) is 3. The highest BCUT2D eigenvalue weighted by Gasteiger charge is 2.16. The van der Waals surface area contributed by atoms with Gasteiger partial charge in [-0.1, -0.05) is 46.9 Å². The molecule has 3 rings (SSSR count). The lowest BCUT2D eigenvalue weighted by Gasteiger charge is -2.08. The number of benzene rings is 1. The molecule has 2 heterocycles. The minimum atomic E-state index is 0.262. The fraction of sp³-hybridized carbons (Fsp3) is 0.0714. The van der Waals surface area contributed by atoms with Crippen LogP contribution in [0.15, 0.2) is 36.5 Å². The van der Waals surface area contributed by atoms with Crippen molar-refractivity contribution in [2.24, 2.45) is 7.05 Å². The molecule has 0 aliphatic rings. The summed E-state index contributed by atoms with van der Waals surface area (Å²) in [4.78, 5) is 8.55. The van der Waals surface area contributed by atoms with Gasteiger partial charge >= 0.3 is 0 Å². The number of nitrogens with zero attached hydrogens (tertiary/aromatic N) is 4. The maximum absolute atomic E-state index is 6.27. The molecule has 0 aliphatic heterocycles. The fourth-order valence-corrected chi connectivity index (χ4v) is 2.73. The Morgan fingerprint density at radius 1 is 1.00 bits per heavy atom. The van der Waals surface area contributed by atoms with E-state index in [-0.39, 0.29) is 10.3 Å². The van der Waals surface area contributed by atoms with E-state index in [0.717, 1.165) is 5.56 Å². The zero-order valence-electron chi connectivity index (χ0n) is 10.9. The first-order valence-electron chi connectivity index (χ1n) is 6.03. The summed E-state index contributed by atoms with van der Waals surface area (Å²) >= 11 is 18.5. The van der Waals surface area contributed by atoms with Crippen LogP contribution in [0.1, 0.15) is 0 Å². The van der Waals surface area contributed by atoms with E-state index in [0.29, 0.717) is 22.1 Å². The van der Waals surface area contributed by atoms with Crippen LogP contribution in [0.4, 0.5) is 0 Å². The van der Waals surface area contributed by atoms with Crippen molar-refractivity contribution in [2.75, 3.05) is 0 Å². The van der Waals surface area contributed by atoms with Crippen molar-refractivity contribution in [3.63, 3.8) is 0 Å². The first-order valence-corrected chi connectivity index (χ1v) is 7.17. The van der Waals surface area contributed by atoms with Gasteiger partial charge in [-0.2, -0.15) is 5.10 Å². The number of aromatic nitrogens is 4. The second-order valence-corrected chi connectivity index (χ2v) is 5.54. The predicted octanol–water partition coefficient (Wildman–Crippen LogP) is 4.50. The number of hydrogen-bond donors (Lipinski definition) is 0. The highest BCUT2D eigenvalue weighted by Crippen LogP contribution is 2.34. The Kier molecular flexibility index (Phi) is 3.85. The van der Waals surface area contributed by atoms with Gasteiger partial charge in [0.25, 0.3) is 0 Å². The Bertz CT molecular complexity index is 790. The van der Waals surface area contributed by atoms with Crippen LogP contribution >= 0.6 is 34.8 Å². The molecule has 7 heteroatoms. The molecule has 21 heavy (non-hydrogen) atoms. The summed E-state index contributed by atoms with van der Waals surface area (Å²) in [5.41, 5.74) is 1.93. The molecule has 2 aromatic heterocycles. The van der Waals surface area contributed by atoms with Crippen molar-refractivity contribution >= 4 is 34.8 Å². The van der Waals surface area contributed by atoms with Crippen LogP contribution in [0.2, 0.25) is 15.3 Å². The van der Waals surface area contributed by atoms with E-state index in [4.69, 9.17) is 34.8 Å². The minimum Gasteiger partial charge on any atom is -0.275 e. The third-order valence-electron chi connectivity index (χ3n) is 2.88. The third kappa shape index (κ3) is 2.88. The van der Waals surface area contributed by atoms with Gasteiger partial charge in [0.15, 0.2) is 5.82 Å². The van der Waals surface area contributed by atoms with Crippen LogP contribution in [0, 0.1) is 0 Å². The van der Waals surface area contributed by atoms with Crippen molar-refractivity contribution in [1.82, 2.24) is 19.7 Å². The van der Waals surface area contributed by atoms with Gasteiger partial charge in [0.05, 0.1) is 5.56 Å². The first kappa shape index (κ1) is 14.3. The predicted molar refractivity (Wildman–Crippen MR) is 84.7 cm³/mol. The van der Waals surface area contributed by atoms with Gasteiger partial charge in [0.1, 0.15) is 16.0 Å². The van der Waals surface area contributed by atoms with Gasteiger partial charge in [-0.15, -0.1) is 0 Å². The molecule has 4 nitrogen and oxygen atoms in total. The van der Waals surface area contributed by atoms with Crippen molar-refractivity contribution in [3.8, 4) is 22.6 Å². The van der Waals surface area contributed by atoms with Gasteiger partial charge < -0.3 is 0 Å². The maximum atomic E-state index is 6.27. The molecule has 0 saturated heterocycles. The molecule has 0 spiro atoms. The lowest BCUT2D eigenvalue weighted by molar-refractivity contribution is 0.768. The van der Waals surface area contributed by atoms with Crippen molar-refractivity contribution < 1.29 is 0 Å². The highest BCUT2D eigenvalue weighted by molar-refractivity contribution is 6.38. The SMILES string of the molecule is Cn1ccc(-c2nc(Cl)c(-c3cccc(Cl)c3)c(Cl)n2)n1. The van der Waals surface area contributed by atoms with Crippen molar-refractivity contribution in [3.05, 3.63) is 51.9 Å². The fourth-order valence-electron chi connectivity index (χ4n) is 1.94. The Morgan fingerprint density at radius 3 is 2.29 bits per heavy atom. The monoisotopic (exact) mass is 338 g/mol. The number of aryl methyl sites for hydroxylation is 1. The van der Waals surface area contributed by atoms with E-state index in [1.165, 1.54) is 0 Å². The molecule has 106 valence electrons. The smallest absolute Gasteiger partial charge is 0.182 e. The molecule has 3 aromatic rings. The summed E-state index contributed by atoms with van der Waals surface area (Å²) in [6.07, 6.45) is 1.80. The van der Waals surface area contributed by atoms with Crippen LogP contribution in [0.5, 0.6) is 0 Å². The van der Waals surface area contributed by atoms with Gasteiger partial charge in [-0.3, -0.25) is 4.68 Å². The zero-order valence-corrected chi connectivity index (χ0v) is 13.2. The van der Waals surface area contributed by atoms with Gasteiger partial charge in [-0.05, 0) is 23.8 Å². The van der Waals surface area contributed by atoms with Crippen LogP contribution in [-0.4, -0.2) is 19.7 Å². The van der Waals surface area contributed by atoms with Gasteiger partial charge in [-0.25, -0.2) is 9.97 Å². The lowest BCUT2D eigenvalue weighted by Crippen LogP contribution is -1.96. The largest absolute Gasteiger partial charge is 0.275 e. The summed E-state index contributed by atoms with van der Waals surface area (Å²) < 4.78 is 1.66. The normalized spacial score (nSPS) is 10.9. The van der Waals surface area contributed by atoms with Crippen LogP contribution in [0.3, 0.4) is 0 Å². The maximum Gasteiger partial charge on any atom is 0.182 e. The molecule has 1 aromatic carbocycles. The van der Waals surface area contributed by atoms with Crippen molar-refractivity contribution in [1.29, 1.82) is 0 Å². The standard InChI is InChI=1S/C14H9Cl3N4/c1-21-6-5-10(20-21)14-18-12(16)11(13(17)19-14)8-3-2-4-9(15)7-8/h2-7H,1H3. The molecule has 0 aliphatic carbocycles. The molecule has 0 saturated carbocycles. The molecular weight excluding hydrogens is 331 g/mol. The van der Waals surface area contributed by atoms with Crippen LogP contribution in [-0.2, 0) is 7.05 Å². The second-order valence-electron chi connectivity index (χ2n) is 4.39. The number of halogens is 3. The van der Waals surface area contributed by atoms with E-state index in [9.17, 15) is 0 Å². The number of rotatable bonds is 2. The summed E-state index contributed by atoms with van der Waals surface area (Å²) in [6.45, 7) is 0. The molecule has 0 amide bonds. The second kappa shape index (κ2) is 5.64. The quantitative estimate of drug-likeness (QED) is 0.645. The Hall–Kier alpha value is -1.62. The van der Waals surface area contributed by atoms with E-state index in [1.807, 2.05) is 19.2 Å². The van der Waals surface area contributed by atoms with Gasteiger partial charge in [0, 0.05) is 18.3 Å². The zero-order chi connectivity index (χ0) is 15.0. The minimum absolute atomic E-state index is 0.262. The average molecular weight is 340 g/mol. The summed E-state index contributed by atoms with van der Waals surface area (Å²) in [5.74, 6) is 0.386. The lowest BCUT2D eigenvalue weighted by atomic mass is 10.1. The van der Waals surface area contributed by atoms with E-state index < -0.39 is 0 Å². The molecule has 0 atom stereocenters. The third-order valence-corrected chi connectivity index (χ3v) is 3.66. The molecule has 0 fully saturated rings. The molecule has 0 bridgehead atoms. The molecule has 0 N–H and O–H groups in total.